The number of aliphatic carboxylic acids is 1. The lowest BCUT2D eigenvalue weighted by Gasteiger charge is -2.27. The Bertz CT molecular complexity index is 1700. The summed E-state index contributed by atoms with van der Waals surface area (Å²) in [5, 5.41) is 63.6. The second-order valence-corrected chi connectivity index (χ2v) is 14.9. The summed E-state index contributed by atoms with van der Waals surface area (Å²) in [7, 11) is 0. The van der Waals surface area contributed by atoms with Crippen molar-refractivity contribution < 1.29 is 59.1 Å². The Hall–Kier alpha value is -5.79. The van der Waals surface area contributed by atoms with Crippen molar-refractivity contribution in [2.24, 2.45) is 17.6 Å². The van der Waals surface area contributed by atoms with E-state index < -0.39 is 96.9 Å². The minimum absolute atomic E-state index is 0.0113. The third kappa shape index (κ3) is 16.7. The first kappa shape index (κ1) is 48.4. The molecule has 0 aliphatic carbocycles. The number of carbonyl (C=O) groups is 7. The molecule has 0 heterocycles. The molecule has 19 heteroatoms. The molecule has 19 nitrogen and oxygen atoms in total. The highest BCUT2D eigenvalue weighted by Gasteiger charge is 2.33. The van der Waals surface area contributed by atoms with Crippen LogP contribution < -0.4 is 37.6 Å². The number of nitrogens with two attached hydrogens (primary N) is 1. The summed E-state index contributed by atoms with van der Waals surface area (Å²) >= 11 is 0. The lowest BCUT2D eigenvalue weighted by Crippen LogP contribution is -2.61. The SMILES string of the molecule is CC(C)C[C@H](NC(=O)[C@H](CC(C)C)NC(=O)CNC(=O)[C@H](CO)NC(=O)[C@H](Cc1ccc(O)cc1)NC(=O)[C@@H](NC(=O)[C@@H](N)Cc1ccc(O)cc1)[C@@H](C)O)C(=O)O. The van der Waals surface area contributed by atoms with Crippen molar-refractivity contribution in [2.75, 3.05) is 13.2 Å². The Morgan fingerprint density at radius 3 is 1.53 bits per heavy atom. The average Bonchev–Trinajstić information content (AvgIpc) is 3.14. The Balaban J connectivity index is 2.16. The molecule has 0 spiro atoms. The topological polar surface area (TPSA) is 319 Å². The third-order valence-corrected chi connectivity index (χ3v) is 8.72. The summed E-state index contributed by atoms with van der Waals surface area (Å²) in [5.41, 5.74) is 7.09. The lowest BCUT2D eigenvalue weighted by atomic mass is 10.0. The number of hydrogen-bond donors (Lipinski definition) is 12. The molecule has 0 radical (unpaired) electrons. The Morgan fingerprint density at radius 1 is 0.586 bits per heavy atom. The zero-order valence-corrected chi connectivity index (χ0v) is 33.2. The fraction of sp³-hybridized carbons (Fsp3) is 0.513. The summed E-state index contributed by atoms with van der Waals surface area (Å²) in [6.45, 7) is 6.75. The van der Waals surface area contributed by atoms with Gasteiger partial charge in [0.15, 0.2) is 0 Å². The number of nitrogens with one attached hydrogen (secondary N) is 6. The van der Waals surface area contributed by atoms with Gasteiger partial charge in [-0.1, -0.05) is 52.0 Å². The van der Waals surface area contributed by atoms with E-state index in [9.17, 15) is 59.1 Å². The molecule has 6 amide bonds. The van der Waals surface area contributed by atoms with Crippen LogP contribution in [0.3, 0.4) is 0 Å². The van der Waals surface area contributed by atoms with Crippen LogP contribution in [0.1, 0.15) is 58.6 Å². The van der Waals surface area contributed by atoms with Crippen molar-refractivity contribution in [1.82, 2.24) is 31.9 Å². The van der Waals surface area contributed by atoms with E-state index in [0.29, 0.717) is 11.1 Å². The Labute approximate surface area is 336 Å². The van der Waals surface area contributed by atoms with Crippen LogP contribution in [0.2, 0.25) is 0 Å². The van der Waals surface area contributed by atoms with Crippen LogP contribution >= 0.6 is 0 Å². The summed E-state index contributed by atoms with van der Waals surface area (Å²) < 4.78 is 0. The summed E-state index contributed by atoms with van der Waals surface area (Å²) in [5.74, 6) is -6.78. The number of phenolic OH excluding ortho intramolecular Hbond substituents is 2. The summed E-state index contributed by atoms with van der Waals surface area (Å²) in [6, 6.07) is 3.31. The van der Waals surface area contributed by atoms with Crippen LogP contribution in [0.25, 0.3) is 0 Å². The Morgan fingerprint density at radius 2 is 1.05 bits per heavy atom. The van der Waals surface area contributed by atoms with Crippen molar-refractivity contribution >= 4 is 41.4 Å². The van der Waals surface area contributed by atoms with Gasteiger partial charge in [0.2, 0.25) is 35.4 Å². The van der Waals surface area contributed by atoms with Gasteiger partial charge in [0.1, 0.15) is 41.7 Å². The van der Waals surface area contributed by atoms with E-state index in [4.69, 9.17) is 5.73 Å². The number of carboxylic acid groups (broad SMARTS) is 1. The first-order valence-electron chi connectivity index (χ1n) is 18.8. The zero-order valence-electron chi connectivity index (χ0n) is 33.2. The molecule has 0 fully saturated rings. The molecule has 0 saturated carbocycles. The number of amides is 6. The van der Waals surface area contributed by atoms with E-state index in [1.807, 2.05) is 0 Å². The number of phenols is 2. The first-order valence-corrected chi connectivity index (χ1v) is 18.8. The molecule has 0 unspecified atom stereocenters. The highest BCUT2D eigenvalue weighted by molar-refractivity contribution is 5.96. The monoisotopic (exact) mass is 815 g/mol. The normalized spacial score (nSPS) is 14.8. The van der Waals surface area contributed by atoms with Gasteiger partial charge in [-0.15, -0.1) is 0 Å². The first-order chi connectivity index (χ1) is 27.2. The van der Waals surface area contributed by atoms with Crippen molar-refractivity contribution in [3.63, 3.8) is 0 Å². The van der Waals surface area contributed by atoms with E-state index >= 15 is 0 Å². The molecule has 2 rings (SSSR count). The van der Waals surface area contributed by atoms with Gasteiger partial charge < -0.3 is 63.2 Å². The summed E-state index contributed by atoms with van der Waals surface area (Å²) in [6.07, 6.45) is -1.37. The quantitative estimate of drug-likeness (QED) is 0.0596. The molecule has 2 aromatic carbocycles. The van der Waals surface area contributed by atoms with Gasteiger partial charge in [-0.05, 0) is 73.4 Å². The molecule has 13 N–H and O–H groups in total. The van der Waals surface area contributed by atoms with Crippen LogP contribution in [0.4, 0.5) is 0 Å². The predicted octanol–water partition coefficient (Wildman–Crippen LogP) is -1.70. The fourth-order valence-electron chi connectivity index (χ4n) is 5.65. The predicted molar refractivity (Wildman–Crippen MR) is 210 cm³/mol. The van der Waals surface area contributed by atoms with Crippen molar-refractivity contribution in [3.8, 4) is 11.5 Å². The molecule has 320 valence electrons. The molecule has 2 aromatic rings. The van der Waals surface area contributed by atoms with E-state index in [0.717, 1.165) is 0 Å². The molecule has 0 bridgehead atoms. The van der Waals surface area contributed by atoms with Gasteiger partial charge in [-0.2, -0.15) is 0 Å². The molecule has 0 aliphatic heterocycles. The number of aliphatic hydroxyl groups excluding tert-OH is 2. The molecule has 58 heavy (non-hydrogen) atoms. The van der Waals surface area contributed by atoms with Crippen LogP contribution in [-0.4, -0.2) is 122 Å². The number of aliphatic hydroxyl groups is 2. The van der Waals surface area contributed by atoms with Crippen molar-refractivity contribution in [3.05, 3.63) is 59.7 Å². The lowest BCUT2D eigenvalue weighted by molar-refractivity contribution is -0.142. The molecule has 0 aromatic heterocycles. The van der Waals surface area contributed by atoms with Gasteiger partial charge in [0.05, 0.1) is 25.3 Å². The largest absolute Gasteiger partial charge is 0.508 e. The maximum Gasteiger partial charge on any atom is 0.326 e. The van der Waals surface area contributed by atoms with E-state index in [2.05, 4.69) is 31.9 Å². The molecular weight excluding hydrogens is 758 g/mol. The van der Waals surface area contributed by atoms with E-state index in [-0.39, 0.29) is 49.0 Å². The van der Waals surface area contributed by atoms with Crippen LogP contribution in [0, 0.1) is 11.8 Å². The molecule has 0 saturated heterocycles. The number of aromatic hydroxyl groups is 2. The second kappa shape index (κ2) is 23.4. The van der Waals surface area contributed by atoms with Crippen molar-refractivity contribution in [1.29, 1.82) is 0 Å². The number of benzene rings is 2. The highest BCUT2D eigenvalue weighted by Crippen LogP contribution is 2.14. The van der Waals surface area contributed by atoms with Crippen molar-refractivity contribution in [2.45, 2.75) is 103 Å². The maximum absolute atomic E-state index is 13.6. The zero-order chi connectivity index (χ0) is 43.7. The average molecular weight is 816 g/mol. The standard InChI is InChI=1S/C39H57N7O12/c1-20(2)14-28(36(54)44-30(39(57)58)15-21(3)4)42-32(51)18-41-35(53)31(19-47)45-37(55)29(17-24-8-12-26(50)13-9-24)43-38(56)33(22(5)48)46-34(52)27(40)16-23-6-10-25(49)11-7-23/h6-13,20-22,27-31,33,47-50H,14-19,40H2,1-5H3,(H,41,53)(H,42,51)(H,43,56)(H,44,54)(H,45,55)(H,46,52)(H,57,58)/t22-,27+,28+,29+,30+,31+,33+/m1/s1. The third-order valence-electron chi connectivity index (χ3n) is 8.72. The van der Waals surface area contributed by atoms with E-state index in [1.54, 1.807) is 39.8 Å². The van der Waals surface area contributed by atoms with Gasteiger partial charge >= 0.3 is 5.97 Å². The number of carboxylic acids is 1. The summed E-state index contributed by atoms with van der Waals surface area (Å²) in [4.78, 5) is 90.7. The minimum Gasteiger partial charge on any atom is -0.508 e. The number of rotatable bonds is 23. The second-order valence-electron chi connectivity index (χ2n) is 14.9. The minimum atomic E-state index is -1.65. The van der Waals surface area contributed by atoms with Crippen LogP contribution in [0.5, 0.6) is 11.5 Å². The smallest absolute Gasteiger partial charge is 0.326 e. The fourth-order valence-corrected chi connectivity index (χ4v) is 5.65. The number of hydrogen-bond acceptors (Lipinski definition) is 12. The maximum atomic E-state index is 13.6. The molecule has 7 atom stereocenters. The number of carbonyl (C=O) groups excluding carboxylic acids is 6. The van der Waals surface area contributed by atoms with Gasteiger partial charge in [-0.3, -0.25) is 28.8 Å². The van der Waals surface area contributed by atoms with Crippen LogP contribution in [-0.2, 0) is 46.4 Å². The van der Waals surface area contributed by atoms with E-state index in [1.165, 1.54) is 43.3 Å². The van der Waals surface area contributed by atoms with Gasteiger partial charge in [0.25, 0.3) is 0 Å². The molecule has 0 aliphatic rings. The molecular formula is C39H57N7O12. The highest BCUT2D eigenvalue weighted by atomic mass is 16.4. The van der Waals surface area contributed by atoms with Crippen LogP contribution in [0.15, 0.2) is 48.5 Å². The van der Waals surface area contributed by atoms with Gasteiger partial charge in [0, 0.05) is 6.42 Å². The Kier molecular flexibility index (Phi) is 19.5. The van der Waals surface area contributed by atoms with Gasteiger partial charge in [-0.25, -0.2) is 4.79 Å².